The summed E-state index contributed by atoms with van der Waals surface area (Å²) in [7, 11) is 0. The predicted octanol–water partition coefficient (Wildman–Crippen LogP) is 2.27. The van der Waals surface area contributed by atoms with Gasteiger partial charge in [0.2, 0.25) is 0 Å². The van der Waals surface area contributed by atoms with Gasteiger partial charge in [-0.3, -0.25) is 9.59 Å². The summed E-state index contributed by atoms with van der Waals surface area (Å²) in [5.41, 5.74) is 0.206. The van der Waals surface area contributed by atoms with E-state index in [1.54, 1.807) is 36.4 Å². The van der Waals surface area contributed by atoms with E-state index in [0.29, 0.717) is 11.1 Å². The standard InChI is InChI=1S/C17H14O3/c18-15(12-6-2-1-3-7-12)11-17(20)14-9-5-4-8-13(14)10-16(17)19/h1-9,20H,10-11H2. The molecular weight excluding hydrogens is 252 g/mol. The number of hydrogen-bond acceptors (Lipinski definition) is 3. The van der Waals surface area contributed by atoms with Gasteiger partial charge in [-0.1, -0.05) is 54.6 Å². The van der Waals surface area contributed by atoms with Crippen LogP contribution in [0.3, 0.4) is 0 Å². The van der Waals surface area contributed by atoms with Crippen LogP contribution in [0.25, 0.3) is 0 Å². The third-order valence-electron chi connectivity index (χ3n) is 3.79. The lowest BCUT2D eigenvalue weighted by Gasteiger charge is -2.21. The molecule has 2 aromatic carbocycles. The second-order valence-corrected chi connectivity index (χ2v) is 5.08. The molecule has 20 heavy (non-hydrogen) atoms. The first-order valence-electron chi connectivity index (χ1n) is 6.53. The Hall–Kier alpha value is -2.26. The van der Waals surface area contributed by atoms with Crippen LogP contribution in [0.15, 0.2) is 54.6 Å². The maximum Gasteiger partial charge on any atom is 0.173 e. The lowest BCUT2D eigenvalue weighted by molar-refractivity contribution is -0.135. The topological polar surface area (TPSA) is 54.4 Å². The number of aliphatic hydroxyl groups is 1. The van der Waals surface area contributed by atoms with Gasteiger partial charge >= 0.3 is 0 Å². The zero-order valence-corrected chi connectivity index (χ0v) is 10.9. The summed E-state index contributed by atoms with van der Waals surface area (Å²) in [4.78, 5) is 24.4. The molecule has 1 aliphatic rings. The molecule has 0 heterocycles. The summed E-state index contributed by atoms with van der Waals surface area (Å²) in [6.07, 6.45) is -0.0123. The number of Topliss-reactive ketones (excluding diaryl/α,β-unsaturated/α-hetero) is 2. The average molecular weight is 266 g/mol. The summed E-state index contributed by atoms with van der Waals surface area (Å²) in [5.74, 6) is -0.527. The Kier molecular flexibility index (Phi) is 2.99. The van der Waals surface area contributed by atoms with Gasteiger partial charge in [0.25, 0.3) is 0 Å². The van der Waals surface area contributed by atoms with E-state index in [9.17, 15) is 14.7 Å². The molecular formula is C17H14O3. The van der Waals surface area contributed by atoms with E-state index < -0.39 is 5.60 Å². The van der Waals surface area contributed by atoms with E-state index in [1.165, 1.54) is 0 Å². The predicted molar refractivity (Wildman–Crippen MR) is 74.4 cm³/mol. The molecule has 3 nitrogen and oxygen atoms in total. The second kappa shape index (κ2) is 4.69. The number of carbonyl (C=O) groups is 2. The molecule has 100 valence electrons. The van der Waals surface area contributed by atoms with Gasteiger partial charge in [0.15, 0.2) is 17.2 Å². The molecule has 0 saturated carbocycles. The molecule has 0 fully saturated rings. The Labute approximate surface area is 116 Å². The Morgan fingerprint density at radius 1 is 1.05 bits per heavy atom. The fraction of sp³-hybridized carbons (Fsp3) is 0.176. The van der Waals surface area contributed by atoms with Crippen LogP contribution in [0.1, 0.15) is 27.9 Å². The highest BCUT2D eigenvalue weighted by Gasteiger charge is 2.45. The van der Waals surface area contributed by atoms with Crippen LogP contribution in [-0.4, -0.2) is 16.7 Å². The summed E-state index contributed by atoms with van der Waals surface area (Å²) in [5, 5.41) is 10.7. The highest BCUT2D eigenvalue weighted by Crippen LogP contribution is 2.37. The smallest absolute Gasteiger partial charge is 0.173 e. The minimum atomic E-state index is -1.68. The van der Waals surface area contributed by atoms with Gasteiger partial charge in [0.1, 0.15) is 0 Å². The van der Waals surface area contributed by atoms with Crippen molar-refractivity contribution in [2.45, 2.75) is 18.4 Å². The van der Waals surface area contributed by atoms with Crippen molar-refractivity contribution in [1.82, 2.24) is 0 Å². The van der Waals surface area contributed by atoms with E-state index in [4.69, 9.17) is 0 Å². The lowest BCUT2D eigenvalue weighted by atomic mass is 9.88. The Balaban J connectivity index is 1.94. The fourth-order valence-corrected chi connectivity index (χ4v) is 2.70. The molecule has 0 radical (unpaired) electrons. The van der Waals surface area contributed by atoms with Gasteiger partial charge in [-0.2, -0.15) is 0 Å². The highest BCUT2D eigenvalue weighted by atomic mass is 16.3. The van der Waals surface area contributed by atoms with Gasteiger partial charge in [0, 0.05) is 12.0 Å². The quantitative estimate of drug-likeness (QED) is 0.867. The molecule has 0 spiro atoms. The van der Waals surface area contributed by atoms with Gasteiger partial charge in [-0.25, -0.2) is 0 Å². The number of benzene rings is 2. The molecule has 3 heteroatoms. The molecule has 2 aromatic rings. The Bertz CT molecular complexity index is 676. The van der Waals surface area contributed by atoms with Gasteiger partial charge in [0.05, 0.1) is 6.42 Å². The number of rotatable bonds is 3. The van der Waals surface area contributed by atoms with Crippen molar-refractivity contribution in [2.75, 3.05) is 0 Å². The zero-order valence-electron chi connectivity index (χ0n) is 10.9. The summed E-state index contributed by atoms with van der Waals surface area (Å²) < 4.78 is 0. The molecule has 1 aliphatic carbocycles. The maximum absolute atomic E-state index is 12.2. The van der Waals surface area contributed by atoms with Gasteiger partial charge in [-0.05, 0) is 11.1 Å². The van der Waals surface area contributed by atoms with Crippen molar-refractivity contribution in [2.24, 2.45) is 0 Å². The number of carbonyl (C=O) groups excluding carboxylic acids is 2. The van der Waals surface area contributed by atoms with Crippen LogP contribution in [0, 0.1) is 0 Å². The molecule has 3 rings (SSSR count). The van der Waals surface area contributed by atoms with Crippen molar-refractivity contribution in [3.63, 3.8) is 0 Å². The highest BCUT2D eigenvalue weighted by molar-refractivity contribution is 6.03. The molecule has 0 bridgehead atoms. The minimum Gasteiger partial charge on any atom is -0.377 e. The normalized spacial score (nSPS) is 20.8. The SMILES string of the molecule is O=C(CC1(O)C(=O)Cc2ccccc21)c1ccccc1. The fourth-order valence-electron chi connectivity index (χ4n) is 2.70. The zero-order chi connectivity index (χ0) is 14.2. The van der Waals surface area contributed by atoms with E-state index in [-0.39, 0.29) is 24.4 Å². The van der Waals surface area contributed by atoms with Crippen molar-refractivity contribution in [3.05, 3.63) is 71.3 Å². The van der Waals surface area contributed by atoms with Crippen LogP contribution in [-0.2, 0) is 16.8 Å². The second-order valence-electron chi connectivity index (χ2n) is 5.08. The minimum absolute atomic E-state index is 0.189. The van der Waals surface area contributed by atoms with Crippen LogP contribution in [0.5, 0.6) is 0 Å². The first kappa shape index (κ1) is 12.8. The first-order valence-corrected chi connectivity index (χ1v) is 6.53. The molecule has 0 amide bonds. The maximum atomic E-state index is 12.2. The van der Waals surface area contributed by atoms with E-state index in [2.05, 4.69) is 0 Å². The van der Waals surface area contributed by atoms with E-state index >= 15 is 0 Å². The van der Waals surface area contributed by atoms with Crippen LogP contribution in [0.2, 0.25) is 0 Å². The first-order chi connectivity index (χ1) is 9.61. The molecule has 1 unspecified atom stereocenters. The van der Waals surface area contributed by atoms with Crippen molar-refractivity contribution in [3.8, 4) is 0 Å². The number of fused-ring (bicyclic) bond motifs is 1. The largest absolute Gasteiger partial charge is 0.377 e. The average Bonchev–Trinajstić information content (AvgIpc) is 2.72. The third kappa shape index (κ3) is 1.96. The van der Waals surface area contributed by atoms with Gasteiger partial charge in [-0.15, -0.1) is 0 Å². The van der Waals surface area contributed by atoms with Crippen molar-refractivity contribution in [1.29, 1.82) is 0 Å². The summed E-state index contributed by atoms with van der Waals surface area (Å²) in [6, 6.07) is 15.9. The molecule has 1 N–H and O–H groups in total. The van der Waals surface area contributed by atoms with Crippen LogP contribution < -0.4 is 0 Å². The monoisotopic (exact) mass is 266 g/mol. The van der Waals surface area contributed by atoms with Crippen molar-refractivity contribution < 1.29 is 14.7 Å². The third-order valence-corrected chi connectivity index (χ3v) is 3.79. The number of hydrogen-bond donors (Lipinski definition) is 1. The van der Waals surface area contributed by atoms with E-state index in [0.717, 1.165) is 5.56 Å². The Morgan fingerprint density at radius 2 is 1.70 bits per heavy atom. The molecule has 1 atom stereocenters. The van der Waals surface area contributed by atoms with Gasteiger partial charge < -0.3 is 5.11 Å². The Morgan fingerprint density at radius 3 is 2.45 bits per heavy atom. The summed E-state index contributed by atoms with van der Waals surface area (Å²) in [6.45, 7) is 0. The lowest BCUT2D eigenvalue weighted by Crippen LogP contribution is -2.34. The van der Waals surface area contributed by atoms with E-state index in [1.807, 2.05) is 18.2 Å². The number of ketones is 2. The molecule has 0 aromatic heterocycles. The van der Waals surface area contributed by atoms with Crippen LogP contribution >= 0.6 is 0 Å². The molecule has 0 saturated heterocycles. The van der Waals surface area contributed by atoms with Crippen LogP contribution in [0.4, 0.5) is 0 Å². The van der Waals surface area contributed by atoms with Crippen molar-refractivity contribution >= 4 is 11.6 Å². The summed E-state index contributed by atoms with van der Waals surface area (Å²) >= 11 is 0. The molecule has 0 aliphatic heterocycles.